The van der Waals surface area contributed by atoms with E-state index in [4.69, 9.17) is 21.7 Å². The molecule has 0 fully saturated rings. The first-order chi connectivity index (χ1) is 11.1. The molecule has 0 amide bonds. The zero-order valence-corrected chi connectivity index (χ0v) is 14.0. The van der Waals surface area contributed by atoms with Crippen LogP contribution in [0.2, 0.25) is 0 Å². The summed E-state index contributed by atoms with van der Waals surface area (Å²) in [5.74, 6) is 1.44. The lowest BCUT2D eigenvalue weighted by atomic mass is 10.1. The summed E-state index contributed by atoms with van der Waals surface area (Å²) in [7, 11) is 3.25. The minimum Gasteiger partial charge on any atom is -0.493 e. The molecule has 0 saturated carbocycles. The van der Waals surface area contributed by atoms with Crippen molar-refractivity contribution in [3.8, 4) is 11.5 Å². The molecule has 2 aromatic rings. The quantitative estimate of drug-likeness (QED) is 0.838. The normalized spacial score (nSPS) is 14.3. The third-order valence-corrected chi connectivity index (χ3v) is 4.25. The molecule has 0 saturated heterocycles. The first-order valence-corrected chi connectivity index (χ1v) is 7.79. The fourth-order valence-corrected chi connectivity index (χ4v) is 3.12. The Kier molecular flexibility index (Phi) is 4.49. The topological polar surface area (TPSA) is 70.3 Å². The highest BCUT2D eigenvalue weighted by Gasteiger charge is 2.20. The molecule has 1 aliphatic heterocycles. The van der Waals surface area contributed by atoms with Crippen molar-refractivity contribution >= 4 is 12.2 Å². The lowest BCUT2D eigenvalue weighted by molar-refractivity contribution is 0.239. The highest BCUT2D eigenvalue weighted by atomic mass is 32.1. The smallest absolute Gasteiger partial charge is 0.255 e. The van der Waals surface area contributed by atoms with Crippen LogP contribution in [-0.2, 0) is 19.5 Å². The molecule has 0 atom stereocenters. The van der Waals surface area contributed by atoms with Gasteiger partial charge >= 0.3 is 0 Å². The number of nitrogens with zero attached hydrogens (tertiary/aromatic N) is 1. The Balaban J connectivity index is 1.80. The molecular formula is C16H19N3O3S. The molecule has 3 rings (SSSR count). The first-order valence-electron chi connectivity index (χ1n) is 7.38. The molecule has 6 nitrogen and oxygen atoms in total. The lowest BCUT2D eigenvalue weighted by Crippen LogP contribution is -2.34. The maximum absolute atomic E-state index is 11.9. The molecule has 1 aromatic carbocycles. The monoisotopic (exact) mass is 333 g/mol. The molecule has 122 valence electrons. The molecule has 0 unspecified atom stereocenters. The van der Waals surface area contributed by atoms with Gasteiger partial charge in [-0.25, -0.2) is 0 Å². The van der Waals surface area contributed by atoms with E-state index in [1.54, 1.807) is 14.2 Å². The standard InChI is InChI=1S/C16H19N3O3S/c1-21-13-4-3-10(7-14(13)22-2)8-19-6-5-11-12(9-19)17-16(23)18-15(11)20/h3-4,7H,5-6,8-9H2,1-2H3,(H2,17,18,20,23). The minimum absolute atomic E-state index is 0.0745. The van der Waals surface area contributed by atoms with Crippen LogP contribution < -0.4 is 15.0 Å². The van der Waals surface area contributed by atoms with Crippen molar-refractivity contribution in [2.45, 2.75) is 19.5 Å². The molecular weight excluding hydrogens is 314 g/mol. The van der Waals surface area contributed by atoms with Gasteiger partial charge in [-0.3, -0.25) is 14.7 Å². The Bertz CT molecular complexity index is 828. The van der Waals surface area contributed by atoms with E-state index in [-0.39, 0.29) is 5.56 Å². The van der Waals surface area contributed by atoms with Gasteiger partial charge in [-0.1, -0.05) is 6.07 Å². The predicted molar refractivity (Wildman–Crippen MR) is 89.6 cm³/mol. The first kappa shape index (κ1) is 15.8. The Morgan fingerprint density at radius 2 is 2.00 bits per heavy atom. The average molecular weight is 333 g/mol. The van der Waals surface area contributed by atoms with Crippen LogP contribution in [0.15, 0.2) is 23.0 Å². The van der Waals surface area contributed by atoms with Crippen LogP contribution in [0.25, 0.3) is 0 Å². The number of ether oxygens (including phenoxy) is 2. The predicted octanol–water partition coefficient (Wildman–Crippen LogP) is 2.01. The third-order valence-electron chi connectivity index (χ3n) is 4.04. The van der Waals surface area contributed by atoms with Crippen molar-refractivity contribution < 1.29 is 9.47 Å². The second kappa shape index (κ2) is 6.55. The molecule has 0 bridgehead atoms. The maximum atomic E-state index is 11.9. The summed E-state index contributed by atoms with van der Waals surface area (Å²) in [6.45, 7) is 2.28. The number of hydrogen-bond acceptors (Lipinski definition) is 5. The van der Waals surface area contributed by atoms with Crippen molar-refractivity contribution in [2.75, 3.05) is 20.8 Å². The van der Waals surface area contributed by atoms with Gasteiger partial charge in [0.2, 0.25) is 0 Å². The molecule has 1 aliphatic rings. The fourth-order valence-electron chi connectivity index (χ4n) is 2.90. The van der Waals surface area contributed by atoms with Crippen molar-refractivity contribution in [1.82, 2.24) is 14.9 Å². The molecule has 2 heterocycles. The van der Waals surface area contributed by atoms with E-state index >= 15 is 0 Å². The minimum atomic E-state index is -0.0745. The van der Waals surface area contributed by atoms with Gasteiger partial charge in [0, 0.05) is 30.9 Å². The van der Waals surface area contributed by atoms with Gasteiger partial charge in [0.15, 0.2) is 16.3 Å². The molecule has 1 aromatic heterocycles. The van der Waals surface area contributed by atoms with E-state index in [0.717, 1.165) is 41.4 Å². The van der Waals surface area contributed by atoms with E-state index < -0.39 is 0 Å². The summed E-state index contributed by atoms with van der Waals surface area (Å²) < 4.78 is 11.0. The average Bonchev–Trinajstić information content (AvgIpc) is 2.54. The SMILES string of the molecule is COc1ccc(CN2CCc3c([nH]c(=S)[nH]c3=O)C2)cc1OC. The van der Waals surface area contributed by atoms with Gasteiger partial charge < -0.3 is 14.5 Å². The number of benzene rings is 1. The van der Waals surface area contributed by atoms with Gasteiger partial charge in [0.05, 0.1) is 14.2 Å². The van der Waals surface area contributed by atoms with Crippen molar-refractivity contribution in [2.24, 2.45) is 0 Å². The van der Waals surface area contributed by atoms with Crippen molar-refractivity contribution in [3.63, 3.8) is 0 Å². The van der Waals surface area contributed by atoms with Crippen LogP contribution in [0.4, 0.5) is 0 Å². The Labute approximate surface area is 139 Å². The molecule has 0 spiro atoms. The van der Waals surface area contributed by atoms with Gasteiger partial charge in [-0.05, 0) is 36.3 Å². The number of methoxy groups -OCH3 is 2. The maximum Gasteiger partial charge on any atom is 0.255 e. The highest BCUT2D eigenvalue weighted by molar-refractivity contribution is 7.71. The second-order valence-corrected chi connectivity index (χ2v) is 5.92. The number of aromatic nitrogens is 2. The van der Waals surface area contributed by atoms with Crippen LogP contribution in [0.1, 0.15) is 16.8 Å². The lowest BCUT2D eigenvalue weighted by Gasteiger charge is -2.28. The zero-order chi connectivity index (χ0) is 16.4. The number of rotatable bonds is 4. The Morgan fingerprint density at radius 1 is 1.22 bits per heavy atom. The summed E-state index contributed by atoms with van der Waals surface area (Å²) >= 11 is 5.05. The highest BCUT2D eigenvalue weighted by Crippen LogP contribution is 2.28. The van der Waals surface area contributed by atoms with Crippen LogP contribution >= 0.6 is 12.2 Å². The zero-order valence-electron chi connectivity index (χ0n) is 13.1. The van der Waals surface area contributed by atoms with E-state index in [1.807, 2.05) is 18.2 Å². The Morgan fingerprint density at radius 3 is 2.74 bits per heavy atom. The van der Waals surface area contributed by atoms with E-state index in [2.05, 4.69) is 14.9 Å². The fraction of sp³-hybridized carbons (Fsp3) is 0.375. The largest absolute Gasteiger partial charge is 0.493 e. The number of aromatic amines is 2. The summed E-state index contributed by atoms with van der Waals surface area (Å²) in [4.78, 5) is 19.9. The number of nitrogens with one attached hydrogen (secondary N) is 2. The summed E-state index contributed by atoms with van der Waals surface area (Å²) in [6, 6.07) is 5.91. The van der Waals surface area contributed by atoms with E-state index in [1.165, 1.54) is 0 Å². The molecule has 2 N–H and O–H groups in total. The third kappa shape index (κ3) is 3.30. The summed E-state index contributed by atoms with van der Waals surface area (Å²) in [5.41, 5.74) is 2.77. The molecule has 7 heteroatoms. The van der Waals surface area contributed by atoms with Crippen molar-refractivity contribution in [1.29, 1.82) is 0 Å². The van der Waals surface area contributed by atoms with Crippen LogP contribution in [0.5, 0.6) is 11.5 Å². The second-order valence-electron chi connectivity index (χ2n) is 5.52. The van der Waals surface area contributed by atoms with E-state index in [0.29, 0.717) is 17.7 Å². The van der Waals surface area contributed by atoms with Crippen LogP contribution in [-0.4, -0.2) is 35.6 Å². The van der Waals surface area contributed by atoms with Gasteiger partial charge in [-0.2, -0.15) is 0 Å². The number of hydrogen-bond donors (Lipinski definition) is 2. The molecule has 0 aliphatic carbocycles. The van der Waals surface area contributed by atoms with Gasteiger partial charge in [0.1, 0.15) is 0 Å². The Hall–Kier alpha value is -2.12. The van der Waals surface area contributed by atoms with Gasteiger partial charge in [0.25, 0.3) is 5.56 Å². The number of H-pyrrole nitrogens is 2. The number of fused-ring (bicyclic) bond motifs is 1. The van der Waals surface area contributed by atoms with Gasteiger partial charge in [-0.15, -0.1) is 0 Å². The summed E-state index contributed by atoms with van der Waals surface area (Å²) in [5, 5.41) is 0. The molecule has 23 heavy (non-hydrogen) atoms. The van der Waals surface area contributed by atoms with Crippen LogP contribution in [0, 0.1) is 4.77 Å². The van der Waals surface area contributed by atoms with Crippen molar-refractivity contribution in [3.05, 3.63) is 50.1 Å². The van der Waals surface area contributed by atoms with Crippen LogP contribution in [0.3, 0.4) is 0 Å². The van der Waals surface area contributed by atoms with E-state index in [9.17, 15) is 4.79 Å². The molecule has 0 radical (unpaired) electrons. The summed E-state index contributed by atoms with van der Waals surface area (Å²) in [6.07, 6.45) is 0.712.